The van der Waals surface area contributed by atoms with Crippen molar-refractivity contribution in [3.63, 3.8) is 0 Å². The molecule has 0 N–H and O–H groups in total. The minimum absolute atomic E-state index is 0.722. The predicted molar refractivity (Wildman–Crippen MR) is 61.1 cm³/mol. The fourth-order valence-electron chi connectivity index (χ4n) is 2.46. The van der Waals surface area contributed by atoms with Gasteiger partial charge in [0.1, 0.15) is 0 Å². The molecule has 2 atom stereocenters. The first-order valence-electron chi connectivity index (χ1n) is 5.90. The van der Waals surface area contributed by atoms with Crippen LogP contribution in [0.1, 0.15) is 60.8 Å². The van der Waals surface area contributed by atoms with Crippen LogP contribution in [0.4, 0.5) is 0 Å². The molecule has 0 bridgehead atoms. The fraction of sp³-hybridized carbons (Fsp3) is 1.00. The van der Waals surface area contributed by atoms with Crippen molar-refractivity contribution < 1.29 is 0 Å². The van der Waals surface area contributed by atoms with Crippen LogP contribution in [0.15, 0.2) is 0 Å². The highest BCUT2D eigenvalue weighted by atomic mass is 15.2. The summed E-state index contributed by atoms with van der Waals surface area (Å²) in [7, 11) is 0. The first-order valence-corrected chi connectivity index (χ1v) is 5.90. The molecule has 1 heteroatoms. The summed E-state index contributed by atoms with van der Waals surface area (Å²) in [5, 5.41) is 0. The Kier molecular flexibility index (Phi) is 6.40. The maximum atomic E-state index is 2.64. The van der Waals surface area contributed by atoms with Gasteiger partial charge in [-0.1, -0.05) is 20.3 Å². The molecule has 0 aromatic carbocycles. The molecule has 13 heavy (non-hydrogen) atoms. The Morgan fingerprint density at radius 1 is 1.00 bits per heavy atom. The summed E-state index contributed by atoms with van der Waals surface area (Å²) in [5.74, 6) is 0. The maximum Gasteiger partial charge on any atom is 0.00724 e. The molecule has 0 radical (unpaired) electrons. The zero-order valence-corrected chi connectivity index (χ0v) is 10.3. The smallest absolute Gasteiger partial charge is 0.00724 e. The van der Waals surface area contributed by atoms with E-state index in [0.717, 1.165) is 18.1 Å². The molecule has 0 aromatic rings. The number of piperidine rings is 1. The molecule has 1 aliphatic heterocycles. The topological polar surface area (TPSA) is 3.24 Å². The molecule has 0 aliphatic carbocycles. The molecule has 0 spiro atoms. The summed E-state index contributed by atoms with van der Waals surface area (Å²) < 4.78 is 0. The highest BCUT2D eigenvalue weighted by molar-refractivity contribution is 4.81. The molecule has 2 unspecified atom stereocenters. The zero-order chi connectivity index (χ0) is 10.4. The number of nitrogens with zero attached hydrogens (tertiary/aromatic N) is 1. The Balaban J connectivity index is 0.000000671. The third kappa shape index (κ3) is 3.68. The summed E-state index contributed by atoms with van der Waals surface area (Å²) in [4.78, 5) is 2.64. The average molecular weight is 185 g/mol. The van der Waals surface area contributed by atoms with Crippen LogP contribution in [0.2, 0.25) is 0 Å². The summed E-state index contributed by atoms with van der Waals surface area (Å²) in [6, 6.07) is 2.33. The van der Waals surface area contributed by atoms with Crippen LogP contribution in [0.5, 0.6) is 0 Å². The number of hydrogen-bond donors (Lipinski definition) is 0. The predicted octanol–water partition coefficient (Wildman–Crippen LogP) is 3.68. The van der Waals surface area contributed by atoms with Gasteiger partial charge < -0.3 is 0 Å². The van der Waals surface area contributed by atoms with E-state index >= 15 is 0 Å². The largest absolute Gasteiger partial charge is 0.296 e. The van der Waals surface area contributed by atoms with E-state index in [2.05, 4.69) is 32.6 Å². The van der Waals surface area contributed by atoms with E-state index in [1.54, 1.807) is 0 Å². The van der Waals surface area contributed by atoms with Crippen molar-refractivity contribution in [1.29, 1.82) is 0 Å². The van der Waals surface area contributed by atoms with Gasteiger partial charge in [-0.3, -0.25) is 4.90 Å². The van der Waals surface area contributed by atoms with Gasteiger partial charge in [0.25, 0.3) is 0 Å². The first-order chi connectivity index (χ1) is 6.13. The molecular formula is C12H27N. The van der Waals surface area contributed by atoms with E-state index in [9.17, 15) is 0 Å². The normalized spacial score (nSPS) is 29.8. The van der Waals surface area contributed by atoms with Crippen molar-refractivity contribution in [1.82, 2.24) is 4.90 Å². The molecule has 0 aromatic heterocycles. The van der Waals surface area contributed by atoms with Gasteiger partial charge in [0, 0.05) is 18.1 Å². The maximum absolute atomic E-state index is 2.64. The van der Waals surface area contributed by atoms with Gasteiger partial charge in [-0.05, 0) is 40.5 Å². The van der Waals surface area contributed by atoms with E-state index in [1.165, 1.54) is 19.3 Å². The summed E-state index contributed by atoms with van der Waals surface area (Å²) in [6.07, 6.45) is 4.20. The Morgan fingerprint density at radius 3 is 1.62 bits per heavy atom. The number of likely N-dealkylation sites (tertiary alicyclic amines) is 1. The highest BCUT2D eigenvalue weighted by Gasteiger charge is 2.26. The molecule has 1 fully saturated rings. The van der Waals surface area contributed by atoms with Crippen LogP contribution >= 0.6 is 0 Å². The molecule has 1 saturated heterocycles. The van der Waals surface area contributed by atoms with Crippen molar-refractivity contribution in [2.24, 2.45) is 0 Å². The Bertz CT molecular complexity index is 110. The van der Waals surface area contributed by atoms with Crippen molar-refractivity contribution in [3.05, 3.63) is 0 Å². The number of hydrogen-bond acceptors (Lipinski definition) is 1. The lowest BCUT2D eigenvalue weighted by molar-refractivity contribution is 0.0705. The third-order valence-corrected chi connectivity index (χ3v) is 2.86. The molecule has 0 saturated carbocycles. The fourth-order valence-corrected chi connectivity index (χ4v) is 2.46. The lowest BCUT2D eigenvalue weighted by atomic mass is 9.96. The minimum Gasteiger partial charge on any atom is -0.296 e. The second-order valence-corrected chi connectivity index (χ2v) is 4.17. The van der Waals surface area contributed by atoms with Gasteiger partial charge >= 0.3 is 0 Å². The van der Waals surface area contributed by atoms with Crippen LogP contribution in [0.25, 0.3) is 0 Å². The van der Waals surface area contributed by atoms with E-state index in [1.807, 2.05) is 13.8 Å². The van der Waals surface area contributed by atoms with Crippen LogP contribution < -0.4 is 0 Å². The minimum atomic E-state index is 0.722. The van der Waals surface area contributed by atoms with Crippen LogP contribution in [-0.2, 0) is 0 Å². The van der Waals surface area contributed by atoms with Crippen molar-refractivity contribution in [3.8, 4) is 0 Å². The van der Waals surface area contributed by atoms with Crippen molar-refractivity contribution in [2.45, 2.75) is 78.9 Å². The SMILES string of the molecule is CC.CC(C)N1C(C)CCCC1C. The van der Waals surface area contributed by atoms with Gasteiger partial charge in [0.05, 0.1) is 0 Å². The lowest BCUT2D eigenvalue weighted by Crippen LogP contribution is -2.47. The highest BCUT2D eigenvalue weighted by Crippen LogP contribution is 2.24. The molecule has 0 amide bonds. The Morgan fingerprint density at radius 2 is 1.38 bits per heavy atom. The van der Waals surface area contributed by atoms with E-state index in [-0.39, 0.29) is 0 Å². The second kappa shape index (κ2) is 6.42. The van der Waals surface area contributed by atoms with E-state index in [0.29, 0.717) is 0 Å². The van der Waals surface area contributed by atoms with E-state index < -0.39 is 0 Å². The summed E-state index contributed by atoms with van der Waals surface area (Å²) in [5.41, 5.74) is 0. The molecule has 1 heterocycles. The Hall–Kier alpha value is -0.0400. The molecule has 1 nitrogen and oxygen atoms in total. The van der Waals surface area contributed by atoms with Crippen molar-refractivity contribution in [2.75, 3.05) is 0 Å². The van der Waals surface area contributed by atoms with Gasteiger partial charge in [0.15, 0.2) is 0 Å². The van der Waals surface area contributed by atoms with Crippen molar-refractivity contribution >= 4 is 0 Å². The van der Waals surface area contributed by atoms with Gasteiger partial charge in [-0.2, -0.15) is 0 Å². The summed E-state index contributed by atoms with van der Waals surface area (Å²) >= 11 is 0. The second-order valence-electron chi connectivity index (χ2n) is 4.17. The van der Waals surface area contributed by atoms with Gasteiger partial charge in [-0.15, -0.1) is 0 Å². The zero-order valence-electron chi connectivity index (χ0n) is 10.3. The van der Waals surface area contributed by atoms with Gasteiger partial charge in [-0.25, -0.2) is 0 Å². The molecular weight excluding hydrogens is 158 g/mol. The number of rotatable bonds is 1. The Labute approximate surface area is 84.5 Å². The van der Waals surface area contributed by atoms with Crippen LogP contribution in [0.3, 0.4) is 0 Å². The molecule has 80 valence electrons. The van der Waals surface area contributed by atoms with Gasteiger partial charge in [0.2, 0.25) is 0 Å². The monoisotopic (exact) mass is 185 g/mol. The molecule has 1 rings (SSSR count). The third-order valence-electron chi connectivity index (χ3n) is 2.86. The standard InChI is InChI=1S/C10H21N.C2H6/c1-8(2)11-9(3)6-5-7-10(11)4;1-2/h8-10H,5-7H2,1-4H3;1-2H3. The van der Waals surface area contributed by atoms with Crippen LogP contribution in [0, 0.1) is 0 Å². The van der Waals surface area contributed by atoms with E-state index in [4.69, 9.17) is 0 Å². The average Bonchev–Trinajstić information content (AvgIpc) is 2.07. The first kappa shape index (κ1) is 13.0. The molecule has 1 aliphatic rings. The van der Waals surface area contributed by atoms with Crippen LogP contribution in [-0.4, -0.2) is 23.0 Å². The quantitative estimate of drug-likeness (QED) is 0.602. The summed E-state index contributed by atoms with van der Waals surface area (Å²) in [6.45, 7) is 13.3. The lowest BCUT2D eigenvalue weighted by Gasteiger charge is -2.41.